The number of nitrogens with zero attached hydrogens (tertiary/aromatic N) is 5. The van der Waals surface area contributed by atoms with Crippen molar-refractivity contribution in [2.75, 3.05) is 5.32 Å². The Morgan fingerprint density at radius 3 is 2.88 bits per heavy atom. The standard InChI is InChI=1S/C16H16N6O3S/c1-3-13(21-19-15(18-20-21)11-7-8-26-9-11)16(23)17-12-5-4-6-14(10(12)2)22(24)25/h4-9,13H,3H2,1-2H3,(H,17,23)/t13-/m0/s1. The summed E-state index contributed by atoms with van der Waals surface area (Å²) in [5, 5.41) is 29.8. The minimum Gasteiger partial charge on any atom is -0.324 e. The Morgan fingerprint density at radius 1 is 1.42 bits per heavy atom. The Balaban J connectivity index is 1.82. The molecule has 0 saturated heterocycles. The van der Waals surface area contributed by atoms with Crippen molar-refractivity contribution in [3.8, 4) is 11.4 Å². The van der Waals surface area contributed by atoms with Crippen molar-refractivity contribution in [2.24, 2.45) is 0 Å². The van der Waals surface area contributed by atoms with Gasteiger partial charge in [-0.2, -0.15) is 16.1 Å². The fraction of sp³-hybridized carbons (Fsp3) is 0.250. The minimum atomic E-state index is -0.673. The second-order valence-corrected chi connectivity index (χ2v) is 6.35. The first-order valence-electron chi connectivity index (χ1n) is 7.88. The lowest BCUT2D eigenvalue weighted by Gasteiger charge is -2.14. The van der Waals surface area contributed by atoms with Crippen LogP contribution in [0.5, 0.6) is 0 Å². The van der Waals surface area contributed by atoms with Crippen LogP contribution in [0.4, 0.5) is 11.4 Å². The number of amides is 1. The van der Waals surface area contributed by atoms with E-state index >= 15 is 0 Å². The number of thiophene rings is 1. The lowest BCUT2D eigenvalue weighted by atomic mass is 10.1. The summed E-state index contributed by atoms with van der Waals surface area (Å²) in [5.41, 5.74) is 1.58. The summed E-state index contributed by atoms with van der Waals surface area (Å²) in [6.07, 6.45) is 0.444. The summed E-state index contributed by atoms with van der Waals surface area (Å²) in [7, 11) is 0. The maximum Gasteiger partial charge on any atom is 0.274 e. The highest BCUT2D eigenvalue weighted by molar-refractivity contribution is 7.08. The molecule has 1 aromatic carbocycles. The van der Waals surface area contributed by atoms with Gasteiger partial charge in [-0.15, -0.1) is 10.2 Å². The first-order chi connectivity index (χ1) is 12.5. The molecule has 0 unspecified atom stereocenters. The molecule has 1 N–H and O–H groups in total. The van der Waals surface area contributed by atoms with Gasteiger partial charge in [0.1, 0.15) is 0 Å². The number of nitrogens with one attached hydrogen (secondary N) is 1. The van der Waals surface area contributed by atoms with Crippen LogP contribution < -0.4 is 5.32 Å². The molecule has 0 saturated carbocycles. The zero-order valence-electron chi connectivity index (χ0n) is 14.1. The van der Waals surface area contributed by atoms with Gasteiger partial charge in [0.05, 0.1) is 16.2 Å². The highest BCUT2D eigenvalue weighted by Gasteiger charge is 2.24. The Labute approximate surface area is 152 Å². The van der Waals surface area contributed by atoms with Gasteiger partial charge in [0.2, 0.25) is 5.82 Å². The second kappa shape index (κ2) is 7.40. The van der Waals surface area contributed by atoms with Gasteiger partial charge in [-0.25, -0.2) is 0 Å². The van der Waals surface area contributed by atoms with E-state index in [1.54, 1.807) is 13.0 Å². The molecule has 10 heteroatoms. The van der Waals surface area contributed by atoms with Crippen molar-refractivity contribution in [2.45, 2.75) is 26.3 Å². The maximum atomic E-state index is 12.7. The number of aromatic nitrogens is 4. The minimum absolute atomic E-state index is 0.0468. The van der Waals surface area contributed by atoms with Crippen molar-refractivity contribution in [1.82, 2.24) is 20.2 Å². The summed E-state index contributed by atoms with van der Waals surface area (Å²) in [4.78, 5) is 24.5. The van der Waals surface area contributed by atoms with E-state index in [1.807, 2.05) is 23.8 Å². The molecule has 0 radical (unpaired) electrons. The molecule has 3 rings (SSSR count). The number of anilines is 1. The predicted molar refractivity (Wildman–Crippen MR) is 96.9 cm³/mol. The average molecular weight is 372 g/mol. The zero-order valence-corrected chi connectivity index (χ0v) is 14.9. The van der Waals surface area contributed by atoms with Crippen molar-refractivity contribution < 1.29 is 9.72 Å². The molecule has 0 spiro atoms. The first-order valence-corrected chi connectivity index (χ1v) is 8.82. The fourth-order valence-electron chi connectivity index (χ4n) is 2.49. The van der Waals surface area contributed by atoms with E-state index in [1.165, 1.54) is 28.3 Å². The molecule has 0 bridgehead atoms. The van der Waals surface area contributed by atoms with Gasteiger partial charge in [0.15, 0.2) is 6.04 Å². The smallest absolute Gasteiger partial charge is 0.274 e. The van der Waals surface area contributed by atoms with Gasteiger partial charge >= 0.3 is 0 Å². The third-order valence-electron chi connectivity index (χ3n) is 3.94. The normalized spacial score (nSPS) is 11.9. The monoisotopic (exact) mass is 372 g/mol. The van der Waals surface area contributed by atoms with Gasteiger partial charge < -0.3 is 5.32 Å². The van der Waals surface area contributed by atoms with E-state index in [2.05, 4.69) is 20.7 Å². The number of nitro benzene ring substituents is 1. The van der Waals surface area contributed by atoms with E-state index in [-0.39, 0.29) is 11.6 Å². The molecule has 134 valence electrons. The van der Waals surface area contributed by atoms with Crippen LogP contribution in [0.1, 0.15) is 24.9 Å². The molecule has 26 heavy (non-hydrogen) atoms. The van der Waals surface area contributed by atoms with Crippen LogP contribution >= 0.6 is 11.3 Å². The quantitative estimate of drug-likeness (QED) is 0.525. The molecule has 0 fully saturated rings. The molecule has 0 aliphatic heterocycles. The first kappa shape index (κ1) is 17.7. The largest absolute Gasteiger partial charge is 0.324 e. The van der Waals surface area contributed by atoms with Crippen LogP contribution in [0.2, 0.25) is 0 Å². The van der Waals surface area contributed by atoms with Gasteiger partial charge in [0, 0.05) is 17.0 Å². The van der Waals surface area contributed by atoms with Crippen LogP contribution in [-0.4, -0.2) is 31.0 Å². The summed E-state index contributed by atoms with van der Waals surface area (Å²) in [5.74, 6) is 0.0920. The van der Waals surface area contributed by atoms with Crippen molar-refractivity contribution >= 4 is 28.6 Å². The van der Waals surface area contributed by atoms with Crippen LogP contribution in [-0.2, 0) is 4.79 Å². The zero-order chi connectivity index (χ0) is 18.7. The van der Waals surface area contributed by atoms with E-state index in [4.69, 9.17) is 0 Å². The number of hydrogen-bond acceptors (Lipinski definition) is 7. The molecule has 3 aromatic rings. The van der Waals surface area contributed by atoms with Crippen LogP contribution in [0, 0.1) is 17.0 Å². The molecular weight excluding hydrogens is 356 g/mol. The summed E-state index contributed by atoms with van der Waals surface area (Å²) < 4.78 is 0. The number of tetrazole rings is 1. The Hall–Kier alpha value is -3.14. The lowest BCUT2D eigenvalue weighted by molar-refractivity contribution is -0.385. The van der Waals surface area contributed by atoms with E-state index < -0.39 is 11.0 Å². The topological polar surface area (TPSA) is 116 Å². The molecule has 9 nitrogen and oxygen atoms in total. The molecule has 0 aliphatic rings. The van der Waals surface area contributed by atoms with E-state index in [0.717, 1.165) is 5.56 Å². The number of hydrogen-bond donors (Lipinski definition) is 1. The number of nitro groups is 1. The van der Waals surface area contributed by atoms with Gasteiger partial charge in [-0.1, -0.05) is 13.0 Å². The summed E-state index contributed by atoms with van der Waals surface area (Å²) >= 11 is 1.52. The van der Waals surface area contributed by atoms with Crippen LogP contribution in [0.25, 0.3) is 11.4 Å². The highest BCUT2D eigenvalue weighted by atomic mass is 32.1. The molecule has 1 amide bonds. The SMILES string of the molecule is CC[C@@H](C(=O)Nc1cccc([N+](=O)[O-])c1C)n1nnc(-c2ccsc2)n1. The third kappa shape index (κ3) is 3.45. The van der Waals surface area contributed by atoms with Crippen molar-refractivity contribution in [3.05, 3.63) is 50.7 Å². The molecule has 0 aliphatic carbocycles. The third-order valence-corrected chi connectivity index (χ3v) is 4.62. The Morgan fingerprint density at radius 2 is 2.23 bits per heavy atom. The van der Waals surface area contributed by atoms with Crippen LogP contribution in [0.15, 0.2) is 35.0 Å². The van der Waals surface area contributed by atoms with Gasteiger partial charge in [0.25, 0.3) is 11.6 Å². The number of rotatable bonds is 6. The highest BCUT2D eigenvalue weighted by Crippen LogP contribution is 2.26. The van der Waals surface area contributed by atoms with Crippen molar-refractivity contribution in [3.63, 3.8) is 0 Å². The Kier molecular flexibility index (Phi) is 5.03. The van der Waals surface area contributed by atoms with Crippen molar-refractivity contribution in [1.29, 1.82) is 0 Å². The number of benzene rings is 1. The lowest BCUT2D eigenvalue weighted by Crippen LogP contribution is -2.27. The molecule has 2 aromatic heterocycles. The van der Waals surface area contributed by atoms with E-state index in [9.17, 15) is 14.9 Å². The van der Waals surface area contributed by atoms with Gasteiger partial charge in [-0.3, -0.25) is 14.9 Å². The number of carbonyl (C=O) groups excluding carboxylic acids is 1. The Bertz CT molecular complexity index is 937. The van der Waals surface area contributed by atoms with E-state index in [0.29, 0.717) is 23.5 Å². The second-order valence-electron chi connectivity index (χ2n) is 5.57. The number of carbonyl (C=O) groups is 1. The molecular formula is C16H16N6O3S. The molecule has 2 heterocycles. The van der Waals surface area contributed by atoms with Crippen LogP contribution in [0.3, 0.4) is 0 Å². The van der Waals surface area contributed by atoms with Gasteiger partial charge in [-0.05, 0) is 36.1 Å². The molecule has 1 atom stereocenters. The maximum absolute atomic E-state index is 12.7. The summed E-state index contributed by atoms with van der Waals surface area (Å²) in [6, 6.07) is 5.75. The predicted octanol–water partition coefficient (Wildman–Crippen LogP) is 3.21. The summed E-state index contributed by atoms with van der Waals surface area (Å²) in [6.45, 7) is 3.43. The average Bonchev–Trinajstić information content (AvgIpc) is 3.28. The fourth-order valence-corrected chi connectivity index (χ4v) is 3.13.